The molecule has 0 aromatic heterocycles. The van der Waals surface area contributed by atoms with Crippen LogP contribution in [-0.2, 0) is 41.8 Å². The van der Waals surface area contributed by atoms with E-state index in [0.717, 1.165) is 11.1 Å². The highest BCUT2D eigenvalue weighted by Gasteiger charge is 2.24. The molecular formula is C29H38N2O7. The van der Waals surface area contributed by atoms with Crippen LogP contribution in [0.1, 0.15) is 64.5 Å². The largest absolute Gasteiger partial charge is 0.461 e. The standard InChI is InChI=1S/C29H38N2O7/c1-21(30-28(35)38-29(2,3)4)15-17-25(32)31-24(27(34)37-20-23-13-9-6-10-14-23)16-18-26(33)36-19-22-11-7-5-8-12-22/h5-14,21,24H,15-20H2,1-4H3,(H,30,35)(H,31,32). The van der Waals surface area contributed by atoms with Crippen LogP contribution in [0, 0.1) is 0 Å². The van der Waals surface area contributed by atoms with Crippen LogP contribution in [0.5, 0.6) is 0 Å². The summed E-state index contributed by atoms with van der Waals surface area (Å²) in [5, 5.41) is 5.34. The second-order valence-corrected chi connectivity index (χ2v) is 9.98. The molecule has 0 aliphatic rings. The summed E-state index contributed by atoms with van der Waals surface area (Å²) in [4.78, 5) is 49.6. The second-order valence-electron chi connectivity index (χ2n) is 9.98. The summed E-state index contributed by atoms with van der Waals surface area (Å²) in [5.41, 5.74) is 1.02. The summed E-state index contributed by atoms with van der Waals surface area (Å²) >= 11 is 0. The third kappa shape index (κ3) is 12.9. The fourth-order valence-corrected chi connectivity index (χ4v) is 3.35. The van der Waals surface area contributed by atoms with Crippen molar-refractivity contribution in [3.05, 3.63) is 71.8 Å². The average molecular weight is 527 g/mol. The third-order valence-corrected chi connectivity index (χ3v) is 5.29. The molecule has 0 spiro atoms. The number of hydrogen-bond acceptors (Lipinski definition) is 7. The number of amides is 2. The van der Waals surface area contributed by atoms with Gasteiger partial charge in [-0.1, -0.05) is 60.7 Å². The normalized spacial score (nSPS) is 12.5. The first-order chi connectivity index (χ1) is 18.0. The number of benzene rings is 2. The quantitative estimate of drug-likeness (QED) is 0.293. The topological polar surface area (TPSA) is 120 Å². The van der Waals surface area contributed by atoms with Gasteiger partial charge in [0, 0.05) is 18.9 Å². The summed E-state index contributed by atoms with van der Waals surface area (Å²) in [6, 6.07) is 17.1. The molecule has 38 heavy (non-hydrogen) atoms. The van der Waals surface area contributed by atoms with Crippen LogP contribution in [0.25, 0.3) is 0 Å². The van der Waals surface area contributed by atoms with E-state index in [9.17, 15) is 19.2 Å². The SMILES string of the molecule is CC(CCC(=O)NC(CCC(=O)OCc1ccccc1)C(=O)OCc1ccccc1)NC(=O)OC(C)(C)C. The van der Waals surface area contributed by atoms with Crippen molar-refractivity contribution in [2.24, 2.45) is 0 Å². The van der Waals surface area contributed by atoms with Crippen LogP contribution in [-0.4, -0.2) is 41.6 Å². The zero-order valence-corrected chi connectivity index (χ0v) is 22.5. The van der Waals surface area contributed by atoms with Gasteiger partial charge in [-0.05, 0) is 51.7 Å². The number of esters is 2. The van der Waals surface area contributed by atoms with Crippen LogP contribution < -0.4 is 10.6 Å². The highest BCUT2D eigenvalue weighted by molar-refractivity contribution is 5.85. The summed E-state index contributed by atoms with van der Waals surface area (Å²) in [5.74, 6) is -1.53. The Balaban J connectivity index is 1.88. The summed E-state index contributed by atoms with van der Waals surface area (Å²) in [7, 11) is 0. The van der Waals surface area contributed by atoms with Crippen molar-refractivity contribution in [2.45, 2.75) is 84.3 Å². The van der Waals surface area contributed by atoms with E-state index < -0.39 is 35.6 Å². The van der Waals surface area contributed by atoms with Crippen molar-refractivity contribution in [3.63, 3.8) is 0 Å². The van der Waals surface area contributed by atoms with Crippen molar-refractivity contribution in [1.29, 1.82) is 0 Å². The molecule has 2 N–H and O–H groups in total. The maximum atomic E-state index is 12.8. The summed E-state index contributed by atoms with van der Waals surface area (Å²) in [6.45, 7) is 7.21. The fraction of sp³-hybridized carbons (Fsp3) is 0.448. The Hall–Kier alpha value is -3.88. The Kier molecular flexibility index (Phi) is 12.3. The molecule has 2 atom stereocenters. The van der Waals surface area contributed by atoms with Gasteiger partial charge >= 0.3 is 18.0 Å². The molecule has 2 rings (SSSR count). The second kappa shape index (κ2) is 15.4. The van der Waals surface area contributed by atoms with Gasteiger partial charge < -0.3 is 24.8 Å². The Morgan fingerprint density at radius 2 is 1.32 bits per heavy atom. The molecule has 2 aromatic carbocycles. The monoisotopic (exact) mass is 526 g/mol. The number of hydrogen-bond donors (Lipinski definition) is 2. The zero-order valence-electron chi connectivity index (χ0n) is 22.5. The van der Waals surface area contributed by atoms with E-state index in [1.54, 1.807) is 27.7 Å². The highest BCUT2D eigenvalue weighted by Crippen LogP contribution is 2.10. The number of nitrogens with one attached hydrogen (secondary N) is 2. The maximum absolute atomic E-state index is 12.8. The van der Waals surface area contributed by atoms with Crippen LogP contribution in [0.4, 0.5) is 4.79 Å². The lowest BCUT2D eigenvalue weighted by molar-refractivity contribution is -0.150. The first kappa shape index (κ1) is 30.3. The Bertz CT molecular complexity index is 1040. The molecule has 2 unspecified atom stereocenters. The minimum atomic E-state index is -1.02. The first-order valence-electron chi connectivity index (χ1n) is 12.7. The van der Waals surface area contributed by atoms with Gasteiger partial charge in [0.2, 0.25) is 5.91 Å². The minimum absolute atomic E-state index is 0.0265. The van der Waals surface area contributed by atoms with E-state index >= 15 is 0 Å². The predicted octanol–water partition coefficient (Wildman–Crippen LogP) is 4.43. The highest BCUT2D eigenvalue weighted by atomic mass is 16.6. The first-order valence-corrected chi connectivity index (χ1v) is 12.7. The number of rotatable bonds is 13. The minimum Gasteiger partial charge on any atom is -0.461 e. The molecule has 0 heterocycles. The van der Waals surface area contributed by atoms with E-state index in [4.69, 9.17) is 14.2 Å². The van der Waals surface area contributed by atoms with Gasteiger partial charge in [-0.2, -0.15) is 0 Å². The van der Waals surface area contributed by atoms with Gasteiger partial charge in [0.15, 0.2) is 0 Å². The van der Waals surface area contributed by atoms with E-state index in [0.29, 0.717) is 6.42 Å². The molecule has 0 saturated heterocycles. The smallest absolute Gasteiger partial charge is 0.407 e. The molecule has 0 aliphatic carbocycles. The predicted molar refractivity (Wildman–Crippen MR) is 142 cm³/mol. The number of alkyl carbamates (subject to hydrolysis) is 1. The van der Waals surface area contributed by atoms with Gasteiger partial charge in [-0.3, -0.25) is 9.59 Å². The molecule has 0 bridgehead atoms. The van der Waals surface area contributed by atoms with Gasteiger partial charge in [0.1, 0.15) is 24.9 Å². The van der Waals surface area contributed by atoms with Crippen LogP contribution in [0.3, 0.4) is 0 Å². The molecule has 0 saturated carbocycles. The van der Waals surface area contributed by atoms with Crippen molar-refractivity contribution >= 4 is 23.9 Å². The van der Waals surface area contributed by atoms with E-state index in [2.05, 4.69) is 10.6 Å². The molecular weight excluding hydrogens is 488 g/mol. The zero-order chi connectivity index (χ0) is 28.0. The third-order valence-electron chi connectivity index (χ3n) is 5.29. The number of carbonyl (C=O) groups is 4. The van der Waals surface area contributed by atoms with E-state index in [1.165, 1.54) is 0 Å². The summed E-state index contributed by atoms with van der Waals surface area (Å²) in [6.07, 6.45) is -0.233. The Labute approximate surface area is 224 Å². The Morgan fingerprint density at radius 1 is 0.763 bits per heavy atom. The number of ether oxygens (including phenoxy) is 3. The van der Waals surface area contributed by atoms with Crippen molar-refractivity contribution < 1.29 is 33.4 Å². The molecule has 0 radical (unpaired) electrons. The molecule has 9 nitrogen and oxygen atoms in total. The Morgan fingerprint density at radius 3 is 1.87 bits per heavy atom. The molecule has 206 valence electrons. The van der Waals surface area contributed by atoms with Crippen molar-refractivity contribution in [3.8, 4) is 0 Å². The lowest BCUT2D eigenvalue weighted by Crippen LogP contribution is -2.43. The number of carbonyl (C=O) groups excluding carboxylic acids is 4. The molecule has 2 aromatic rings. The van der Waals surface area contributed by atoms with Crippen LogP contribution in [0.2, 0.25) is 0 Å². The van der Waals surface area contributed by atoms with E-state index in [1.807, 2.05) is 60.7 Å². The van der Waals surface area contributed by atoms with Crippen LogP contribution in [0.15, 0.2) is 60.7 Å². The molecule has 2 amide bonds. The maximum Gasteiger partial charge on any atom is 0.407 e. The van der Waals surface area contributed by atoms with Crippen LogP contribution >= 0.6 is 0 Å². The van der Waals surface area contributed by atoms with Gasteiger partial charge in [0.05, 0.1) is 0 Å². The van der Waals surface area contributed by atoms with E-state index in [-0.39, 0.29) is 38.5 Å². The average Bonchev–Trinajstić information content (AvgIpc) is 2.87. The van der Waals surface area contributed by atoms with Crippen molar-refractivity contribution in [2.75, 3.05) is 0 Å². The fourth-order valence-electron chi connectivity index (χ4n) is 3.35. The lowest BCUT2D eigenvalue weighted by atomic mass is 10.1. The summed E-state index contributed by atoms with van der Waals surface area (Å²) < 4.78 is 15.9. The molecule has 0 aliphatic heterocycles. The van der Waals surface area contributed by atoms with Gasteiger partial charge in [0.25, 0.3) is 0 Å². The lowest BCUT2D eigenvalue weighted by Gasteiger charge is -2.22. The molecule has 0 fully saturated rings. The molecule has 9 heteroatoms. The van der Waals surface area contributed by atoms with Gasteiger partial charge in [-0.25, -0.2) is 9.59 Å². The van der Waals surface area contributed by atoms with Gasteiger partial charge in [-0.15, -0.1) is 0 Å². The van der Waals surface area contributed by atoms with Crippen molar-refractivity contribution in [1.82, 2.24) is 10.6 Å².